The minimum atomic E-state index is 0.0145. The van der Waals surface area contributed by atoms with E-state index in [9.17, 15) is 4.79 Å². The van der Waals surface area contributed by atoms with E-state index in [1.54, 1.807) is 0 Å². The predicted molar refractivity (Wildman–Crippen MR) is 53.7 cm³/mol. The molecule has 1 fully saturated rings. The smallest absolute Gasteiger partial charge is 0.320 e. The summed E-state index contributed by atoms with van der Waals surface area (Å²) in [5.74, 6) is 0. The van der Waals surface area contributed by atoms with Crippen LogP contribution in [0.15, 0.2) is 0 Å². The molecule has 0 bridgehead atoms. The lowest BCUT2D eigenvalue weighted by atomic mass is 9.89. The van der Waals surface area contributed by atoms with E-state index < -0.39 is 0 Å². The van der Waals surface area contributed by atoms with Gasteiger partial charge in [-0.05, 0) is 20.3 Å². The Morgan fingerprint density at radius 1 is 1.46 bits per heavy atom. The molecule has 0 radical (unpaired) electrons. The average molecular weight is 184 g/mol. The first kappa shape index (κ1) is 10.4. The number of carbonyl (C=O) groups excluding carboxylic acids is 1. The summed E-state index contributed by atoms with van der Waals surface area (Å²) in [6.45, 7) is 6.45. The summed E-state index contributed by atoms with van der Waals surface area (Å²) in [5.41, 5.74) is 0.0145. The summed E-state index contributed by atoms with van der Waals surface area (Å²) < 4.78 is 0. The molecule has 76 valence electrons. The fourth-order valence-electron chi connectivity index (χ4n) is 2.20. The number of nitrogens with zero attached hydrogens (tertiary/aromatic N) is 2. The lowest BCUT2D eigenvalue weighted by Crippen LogP contribution is -2.46. The average Bonchev–Trinajstić information content (AvgIpc) is 2.23. The summed E-state index contributed by atoms with van der Waals surface area (Å²) in [6.07, 6.45) is 2.19. The normalized spacial score (nSPS) is 34.5. The highest BCUT2D eigenvalue weighted by atomic mass is 16.2. The Hall–Kier alpha value is -0.730. The number of hydrogen-bond donors (Lipinski definition) is 0. The zero-order valence-corrected chi connectivity index (χ0v) is 9.29. The number of likely N-dealkylation sites (N-methyl/N-ethyl adjacent to an activating group) is 2. The summed E-state index contributed by atoms with van der Waals surface area (Å²) >= 11 is 0. The number of hydrogen-bond acceptors (Lipinski definition) is 1. The van der Waals surface area contributed by atoms with Gasteiger partial charge in [0.1, 0.15) is 0 Å². The van der Waals surface area contributed by atoms with Gasteiger partial charge in [0.05, 0.1) is 11.6 Å². The van der Waals surface area contributed by atoms with Crippen molar-refractivity contribution in [2.24, 2.45) is 0 Å². The van der Waals surface area contributed by atoms with Crippen molar-refractivity contribution in [1.82, 2.24) is 9.80 Å². The molecule has 1 aliphatic rings. The van der Waals surface area contributed by atoms with Gasteiger partial charge in [0.25, 0.3) is 0 Å². The lowest BCUT2D eigenvalue weighted by Gasteiger charge is -2.34. The third-order valence-electron chi connectivity index (χ3n) is 3.59. The van der Waals surface area contributed by atoms with Crippen LogP contribution in [-0.2, 0) is 0 Å². The molecule has 0 N–H and O–H groups in total. The molecule has 0 aromatic heterocycles. The maximum absolute atomic E-state index is 11.7. The molecule has 3 heteroatoms. The van der Waals surface area contributed by atoms with Crippen LogP contribution in [-0.4, -0.2) is 41.5 Å². The van der Waals surface area contributed by atoms with E-state index in [1.807, 2.05) is 23.9 Å². The molecular formula is C10H20N2O. The quantitative estimate of drug-likeness (QED) is 0.643. The molecule has 0 saturated carbocycles. The second-order valence-corrected chi connectivity index (χ2v) is 4.24. The standard InChI is InChI=1S/C10H20N2O/c1-6-7-10(3)8(2)11(4)9(13)12(10)5/h8H,6-7H2,1-5H3. The largest absolute Gasteiger partial charge is 0.323 e. The fraction of sp³-hybridized carbons (Fsp3) is 0.900. The summed E-state index contributed by atoms with van der Waals surface area (Å²) in [4.78, 5) is 15.4. The first-order valence-electron chi connectivity index (χ1n) is 4.95. The molecule has 3 nitrogen and oxygen atoms in total. The Labute approximate surface area is 80.7 Å². The molecular weight excluding hydrogens is 164 g/mol. The third kappa shape index (κ3) is 1.30. The molecule has 0 aromatic rings. The van der Waals surface area contributed by atoms with Crippen molar-refractivity contribution in [1.29, 1.82) is 0 Å². The molecule has 0 aliphatic carbocycles. The van der Waals surface area contributed by atoms with Gasteiger partial charge in [-0.25, -0.2) is 4.79 Å². The van der Waals surface area contributed by atoms with Gasteiger partial charge >= 0.3 is 6.03 Å². The molecule has 13 heavy (non-hydrogen) atoms. The van der Waals surface area contributed by atoms with Crippen molar-refractivity contribution in [2.75, 3.05) is 14.1 Å². The number of rotatable bonds is 2. The van der Waals surface area contributed by atoms with E-state index in [0.29, 0.717) is 6.04 Å². The van der Waals surface area contributed by atoms with Crippen molar-refractivity contribution in [3.8, 4) is 0 Å². The Morgan fingerprint density at radius 2 is 2.00 bits per heavy atom. The Kier molecular flexibility index (Phi) is 2.55. The maximum Gasteiger partial charge on any atom is 0.320 e. The fourth-order valence-corrected chi connectivity index (χ4v) is 2.20. The van der Waals surface area contributed by atoms with Gasteiger partial charge in [-0.1, -0.05) is 13.3 Å². The van der Waals surface area contributed by atoms with Gasteiger partial charge < -0.3 is 9.80 Å². The molecule has 1 saturated heterocycles. The van der Waals surface area contributed by atoms with Crippen LogP contribution in [0.2, 0.25) is 0 Å². The van der Waals surface area contributed by atoms with Crippen LogP contribution in [0, 0.1) is 0 Å². The highest BCUT2D eigenvalue weighted by Crippen LogP contribution is 2.33. The molecule has 2 atom stereocenters. The molecule has 1 aliphatic heterocycles. The van der Waals surface area contributed by atoms with Crippen molar-refractivity contribution in [2.45, 2.75) is 45.2 Å². The summed E-state index contributed by atoms with van der Waals surface area (Å²) in [5, 5.41) is 0. The zero-order chi connectivity index (χ0) is 10.2. The minimum Gasteiger partial charge on any atom is -0.323 e. The van der Waals surface area contributed by atoms with Gasteiger partial charge in [-0.3, -0.25) is 0 Å². The second kappa shape index (κ2) is 3.20. The van der Waals surface area contributed by atoms with E-state index in [1.165, 1.54) is 0 Å². The SMILES string of the molecule is CCCC1(C)C(C)N(C)C(=O)N1C. The van der Waals surface area contributed by atoms with Gasteiger partial charge in [-0.15, -0.1) is 0 Å². The van der Waals surface area contributed by atoms with Crippen molar-refractivity contribution < 1.29 is 4.79 Å². The van der Waals surface area contributed by atoms with Crippen LogP contribution in [0.3, 0.4) is 0 Å². The van der Waals surface area contributed by atoms with E-state index >= 15 is 0 Å². The van der Waals surface area contributed by atoms with Crippen LogP contribution in [0.25, 0.3) is 0 Å². The molecule has 2 unspecified atom stereocenters. The van der Waals surface area contributed by atoms with E-state index in [0.717, 1.165) is 12.8 Å². The van der Waals surface area contributed by atoms with E-state index in [-0.39, 0.29) is 11.6 Å². The topological polar surface area (TPSA) is 23.6 Å². The Morgan fingerprint density at radius 3 is 2.31 bits per heavy atom. The first-order valence-corrected chi connectivity index (χ1v) is 4.95. The minimum absolute atomic E-state index is 0.0145. The van der Waals surface area contributed by atoms with Crippen LogP contribution in [0.5, 0.6) is 0 Å². The van der Waals surface area contributed by atoms with E-state index in [4.69, 9.17) is 0 Å². The molecule has 1 rings (SSSR count). The number of urea groups is 1. The second-order valence-electron chi connectivity index (χ2n) is 4.24. The Balaban J connectivity index is 2.91. The molecule has 0 aromatic carbocycles. The molecule has 1 heterocycles. The first-order chi connectivity index (χ1) is 5.95. The van der Waals surface area contributed by atoms with Crippen molar-refractivity contribution in [3.05, 3.63) is 0 Å². The van der Waals surface area contributed by atoms with Gasteiger partial charge in [0, 0.05) is 14.1 Å². The highest BCUT2D eigenvalue weighted by Gasteiger charge is 2.47. The number of amides is 2. The maximum atomic E-state index is 11.7. The third-order valence-corrected chi connectivity index (χ3v) is 3.59. The summed E-state index contributed by atoms with van der Waals surface area (Å²) in [6, 6.07) is 0.452. The number of carbonyl (C=O) groups is 1. The van der Waals surface area contributed by atoms with Crippen LogP contribution >= 0.6 is 0 Å². The van der Waals surface area contributed by atoms with Crippen LogP contribution in [0.1, 0.15) is 33.6 Å². The Bertz CT molecular complexity index is 217. The molecule has 0 spiro atoms. The summed E-state index contributed by atoms with van der Waals surface area (Å²) in [7, 11) is 3.78. The van der Waals surface area contributed by atoms with Crippen LogP contribution < -0.4 is 0 Å². The van der Waals surface area contributed by atoms with Gasteiger partial charge in [-0.2, -0.15) is 0 Å². The zero-order valence-electron chi connectivity index (χ0n) is 9.29. The molecule has 2 amide bonds. The lowest BCUT2D eigenvalue weighted by molar-refractivity contribution is 0.168. The van der Waals surface area contributed by atoms with Crippen molar-refractivity contribution in [3.63, 3.8) is 0 Å². The highest BCUT2D eigenvalue weighted by molar-refractivity contribution is 5.78. The predicted octanol–water partition coefficient (Wildman–Crippen LogP) is 1.93. The van der Waals surface area contributed by atoms with E-state index in [2.05, 4.69) is 20.8 Å². The van der Waals surface area contributed by atoms with Gasteiger partial charge in [0.15, 0.2) is 0 Å². The van der Waals surface area contributed by atoms with Crippen LogP contribution in [0.4, 0.5) is 4.79 Å². The monoisotopic (exact) mass is 184 g/mol. The van der Waals surface area contributed by atoms with Gasteiger partial charge in [0.2, 0.25) is 0 Å². The van der Waals surface area contributed by atoms with Crippen molar-refractivity contribution >= 4 is 6.03 Å².